The van der Waals surface area contributed by atoms with Crippen molar-refractivity contribution in [3.05, 3.63) is 21.4 Å². The van der Waals surface area contributed by atoms with E-state index in [1.54, 1.807) is 11.3 Å². The Bertz CT molecular complexity index is 719. The van der Waals surface area contributed by atoms with E-state index in [0.717, 1.165) is 57.6 Å². The first-order chi connectivity index (χ1) is 13.2. The van der Waals surface area contributed by atoms with Gasteiger partial charge in [0.15, 0.2) is 0 Å². The van der Waals surface area contributed by atoms with Crippen LogP contribution in [0.5, 0.6) is 0 Å². The minimum absolute atomic E-state index is 0.290. The average Bonchev–Trinajstić information content (AvgIpc) is 3.40. The molecule has 148 valence electrons. The fourth-order valence-corrected chi connectivity index (χ4v) is 5.66. The Balaban J connectivity index is 1.32. The van der Waals surface area contributed by atoms with Crippen LogP contribution in [0.4, 0.5) is 14.9 Å². The summed E-state index contributed by atoms with van der Waals surface area (Å²) in [7, 11) is 0. The van der Waals surface area contributed by atoms with Crippen molar-refractivity contribution in [3.63, 3.8) is 0 Å². The molecule has 1 aromatic rings. The molecule has 1 saturated heterocycles. The van der Waals surface area contributed by atoms with Gasteiger partial charge < -0.3 is 20.9 Å². The minimum Gasteiger partial charge on any atom is -0.369 e. The van der Waals surface area contributed by atoms with Crippen LogP contribution in [-0.2, 0) is 0 Å². The normalized spacial score (nSPS) is 24.6. The smallest absolute Gasteiger partial charge is 0.312 e. The molecular formula is C20H29FN4OS. The van der Waals surface area contributed by atoms with E-state index >= 15 is 0 Å². The Morgan fingerprint density at radius 1 is 1.26 bits per heavy atom. The Labute approximate surface area is 164 Å². The molecule has 2 aliphatic carbocycles. The summed E-state index contributed by atoms with van der Waals surface area (Å²) in [5.74, 6) is 1.03. The van der Waals surface area contributed by atoms with E-state index in [-0.39, 0.29) is 6.67 Å². The van der Waals surface area contributed by atoms with Gasteiger partial charge in [-0.3, -0.25) is 0 Å². The van der Waals surface area contributed by atoms with E-state index in [1.807, 2.05) is 0 Å². The monoisotopic (exact) mass is 392 g/mol. The summed E-state index contributed by atoms with van der Waals surface area (Å²) in [6.07, 6.45) is 6.46. The number of amides is 2. The van der Waals surface area contributed by atoms with Crippen LogP contribution in [-0.4, -0.2) is 56.9 Å². The molecule has 3 aliphatic rings. The van der Waals surface area contributed by atoms with E-state index in [9.17, 15) is 9.18 Å². The number of carbonyl (C=O) groups is 1. The number of carbonyl (C=O) groups excluding carboxylic acids is 1. The third-order valence-corrected chi connectivity index (χ3v) is 7.01. The zero-order chi connectivity index (χ0) is 18.8. The largest absolute Gasteiger partial charge is 0.369 e. The van der Waals surface area contributed by atoms with Crippen molar-refractivity contribution in [1.82, 2.24) is 10.2 Å². The molecule has 1 aliphatic heterocycles. The standard InChI is InChI=1S/C20H29FN4OS/c21-12-14-10-18-19(16-11-15(14)16)17(13-27-18)25-7-3-6-24(8-9-25)5-2-1-4-23-20(22)26/h10,13,15-16H,1-9,11-12H2,(H3,22,23,26). The van der Waals surface area contributed by atoms with E-state index in [4.69, 9.17) is 5.73 Å². The van der Waals surface area contributed by atoms with Crippen LogP contribution in [0, 0.1) is 5.92 Å². The van der Waals surface area contributed by atoms with Crippen LogP contribution in [0.3, 0.4) is 0 Å². The Hall–Kier alpha value is -1.60. The lowest BCUT2D eigenvalue weighted by molar-refractivity contribution is 0.248. The van der Waals surface area contributed by atoms with Crippen molar-refractivity contribution < 1.29 is 9.18 Å². The molecule has 1 aromatic heterocycles. The van der Waals surface area contributed by atoms with Gasteiger partial charge in [-0.2, -0.15) is 0 Å². The predicted molar refractivity (Wildman–Crippen MR) is 109 cm³/mol. The topological polar surface area (TPSA) is 61.6 Å². The van der Waals surface area contributed by atoms with Gasteiger partial charge in [-0.05, 0) is 67.8 Å². The quantitative estimate of drug-likeness (QED) is 0.701. The van der Waals surface area contributed by atoms with Crippen LogP contribution in [0.1, 0.15) is 42.0 Å². The zero-order valence-electron chi connectivity index (χ0n) is 15.8. The van der Waals surface area contributed by atoms with Crippen LogP contribution < -0.4 is 16.0 Å². The molecule has 0 aromatic carbocycles. The van der Waals surface area contributed by atoms with Crippen LogP contribution in [0.2, 0.25) is 0 Å². The lowest BCUT2D eigenvalue weighted by Crippen LogP contribution is -2.33. The van der Waals surface area contributed by atoms with Gasteiger partial charge in [0.05, 0.1) is 5.69 Å². The van der Waals surface area contributed by atoms with Crippen molar-refractivity contribution in [2.24, 2.45) is 11.7 Å². The summed E-state index contributed by atoms with van der Waals surface area (Å²) >= 11 is 1.78. The molecule has 0 radical (unpaired) electrons. The van der Waals surface area contributed by atoms with Crippen molar-refractivity contribution in [1.29, 1.82) is 0 Å². The molecule has 2 fully saturated rings. The maximum absolute atomic E-state index is 13.2. The lowest BCUT2D eigenvalue weighted by atomic mass is 9.97. The number of thiophene rings is 1. The van der Waals surface area contributed by atoms with Gasteiger partial charge in [-0.15, -0.1) is 11.3 Å². The van der Waals surface area contributed by atoms with Crippen molar-refractivity contribution >= 4 is 29.1 Å². The fraction of sp³-hybridized carbons (Fsp3) is 0.650. The number of hydrogen-bond acceptors (Lipinski definition) is 4. The van der Waals surface area contributed by atoms with E-state index in [2.05, 4.69) is 26.6 Å². The lowest BCUT2D eigenvalue weighted by Gasteiger charge is -2.25. The van der Waals surface area contributed by atoms with Crippen LogP contribution >= 0.6 is 11.3 Å². The summed E-state index contributed by atoms with van der Waals surface area (Å²) in [6.45, 7) is 5.80. The van der Waals surface area contributed by atoms with Crippen molar-refractivity contribution in [2.45, 2.75) is 31.6 Å². The van der Waals surface area contributed by atoms with Gasteiger partial charge in [0, 0.05) is 36.4 Å². The summed E-state index contributed by atoms with van der Waals surface area (Å²) < 4.78 is 13.2. The number of nitrogens with one attached hydrogen (secondary N) is 1. The predicted octanol–water partition coefficient (Wildman–Crippen LogP) is 3.18. The van der Waals surface area contributed by atoms with Gasteiger partial charge in [-0.25, -0.2) is 9.18 Å². The molecule has 2 unspecified atom stereocenters. The first-order valence-corrected chi connectivity index (χ1v) is 10.9. The number of rotatable bonds is 7. The third kappa shape index (κ3) is 4.14. The summed E-state index contributed by atoms with van der Waals surface area (Å²) in [6, 6.07) is -0.439. The molecule has 0 spiro atoms. The number of unbranched alkanes of at least 4 members (excludes halogenated alkanes) is 1. The first-order valence-electron chi connectivity index (χ1n) is 10.1. The average molecular weight is 393 g/mol. The molecular weight excluding hydrogens is 363 g/mol. The second kappa shape index (κ2) is 8.19. The highest BCUT2D eigenvalue weighted by molar-refractivity contribution is 7.11. The maximum atomic E-state index is 13.2. The van der Waals surface area contributed by atoms with Gasteiger partial charge in [0.25, 0.3) is 0 Å². The SMILES string of the molecule is NC(=O)NCCCCN1CCCN(c2csc3c2C2CC2C(CF)=C3)CC1. The number of primary amides is 1. The molecule has 2 amide bonds. The molecule has 5 nitrogen and oxygen atoms in total. The summed E-state index contributed by atoms with van der Waals surface area (Å²) in [4.78, 5) is 17.1. The maximum Gasteiger partial charge on any atom is 0.312 e. The first kappa shape index (κ1) is 18.7. The fourth-order valence-electron chi connectivity index (χ4n) is 4.55. The number of hydrogen-bond donors (Lipinski definition) is 2. The van der Waals surface area contributed by atoms with Gasteiger partial charge in [0.2, 0.25) is 0 Å². The molecule has 2 heterocycles. The number of halogens is 1. The number of nitrogens with two attached hydrogens (primary N) is 1. The number of fused-ring (bicyclic) bond motifs is 3. The van der Waals surface area contributed by atoms with E-state index < -0.39 is 6.03 Å². The molecule has 4 rings (SSSR count). The number of nitrogens with zero attached hydrogens (tertiary/aromatic N) is 2. The molecule has 27 heavy (non-hydrogen) atoms. The zero-order valence-corrected chi connectivity index (χ0v) is 16.6. The number of allylic oxidation sites excluding steroid dienone is 1. The Morgan fingerprint density at radius 3 is 2.96 bits per heavy atom. The van der Waals surface area contributed by atoms with Gasteiger partial charge in [-0.1, -0.05) is 0 Å². The summed E-state index contributed by atoms with van der Waals surface area (Å²) in [5, 5.41) is 4.95. The highest BCUT2D eigenvalue weighted by atomic mass is 32.1. The van der Waals surface area contributed by atoms with Crippen LogP contribution in [0.15, 0.2) is 11.0 Å². The van der Waals surface area contributed by atoms with Gasteiger partial charge >= 0.3 is 6.03 Å². The molecule has 3 N–H and O–H groups in total. The van der Waals surface area contributed by atoms with Crippen molar-refractivity contribution in [2.75, 3.05) is 50.8 Å². The van der Waals surface area contributed by atoms with Crippen molar-refractivity contribution in [3.8, 4) is 0 Å². The third-order valence-electron chi connectivity index (χ3n) is 6.08. The number of urea groups is 1. The molecule has 0 bridgehead atoms. The minimum atomic E-state index is -0.439. The summed E-state index contributed by atoms with van der Waals surface area (Å²) in [5.41, 5.74) is 9.00. The Kier molecular flexibility index (Phi) is 5.68. The van der Waals surface area contributed by atoms with Crippen LogP contribution in [0.25, 0.3) is 6.08 Å². The molecule has 7 heteroatoms. The Morgan fingerprint density at radius 2 is 2.15 bits per heavy atom. The second-order valence-electron chi connectivity index (χ2n) is 7.88. The second-order valence-corrected chi connectivity index (χ2v) is 8.79. The highest BCUT2D eigenvalue weighted by Crippen LogP contribution is 2.60. The van der Waals surface area contributed by atoms with E-state index in [1.165, 1.54) is 22.5 Å². The number of alkyl halides is 1. The molecule has 1 saturated carbocycles. The number of anilines is 1. The highest BCUT2D eigenvalue weighted by Gasteiger charge is 2.46. The molecule has 2 atom stereocenters. The van der Waals surface area contributed by atoms with E-state index in [0.29, 0.717) is 18.4 Å². The van der Waals surface area contributed by atoms with Gasteiger partial charge in [0.1, 0.15) is 6.67 Å².